The first-order chi connectivity index (χ1) is 35.6. The van der Waals surface area contributed by atoms with Crippen LogP contribution < -0.4 is 4.74 Å². The van der Waals surface area contributed by atoms with Gasteiger partial charge in [0.1, 0.15) is 22.5 Å². The lowest BCUT2D eigenvalue weighted by Gasteiger charge is -2.12. The minimum absolute atomic E-state index is 0.149. The van der Waals surface area contributed by atoms with E-state index < -0.39 is 0 Å². The number of nitrogens with zero attached hydrogens (tertiary/aromatic N) is 2. The van der Waals surface area contributed by atoms with Gasteiger partial charge in [-0.3, -0.25) is 0 Å². The summed E-state index contributed by atoms with van der Waals surface area (Å²) in [6.45, 7) is 5.13. The number of alkyl halides is 1. The molecule has 0 aliphatic rings. The minimum atomic E-state index is 0.149. The monoisotopic (exact) mass is 1280 g/mol. The van der Waals surface area contributed by atoms with E-state index in [0.29, 0.717) is 29.5 Å². The zero-order valence-electron chi connectivity index (χ0n) is 40.4. The van der Waals surface area contributed by atoms with Crippen molar-refractivity contribution in [1.29, 1.82) is 0 Å². The molecule has 12 aromatic rings. The van der Waals surface area contributed by atoms with Crippen molar-refractivity contribution < 1.29 is 18.7 Å². The molecule has 0 atom stereocenters. The average Bonchev–Trinajstić information content (AvgIpc) is 4.06. The molecule has 73 heavy (non-hydrogen) atoms. The number of hydrogen-bond acceptors (Lipinski definition) is 6. The summed E-state index contributed by atoms with van der Waals surface area (Å²) < 4.78 is 23.3. The summed E-state index contributed by atoms with van der Waals surface area (Å²) in [6.07, 6.45) is 10.1. The molecule has 10 aromatic carbocycles. The Hall–Kier alpha value is -5.30. The van der Waals surface area contributed by atoms with Crippen molar-refractivity contribution >= 4 is 166 Å². The summed E-state index contributed by atoms with van der Waals surface area (Å²) in [5.41, 5.74) is 4.64. The molecule has 0 saturated carbocycles. The van der Waals surface area contributed by atoms with Gasteiger partial charge in [-0.2, -0.15) is 0 Å². The van der Waals surface area contributed by atoms with Crippen molar-refractivity contribution in [3.8, 4) is 34.4 Å². The van der Waals surface area contributed by atoms with Gasteiger partial charge in [-0.05, 0) is 117 Å². The van der Waals surface area contributed by atoms with Gasteiger partial charge >= 0.3 is 0 Å². The summed E-state index contributed by atoms with van der Waals surface area (Å²) in [5.74, 6) is 1.95. The topological polar surface area (TPSA) is 81.5 Å². The highest BCUT2D eigenvalue weighted by atomic mass is 79.9. The largest absolute Gasteiger partial charge is 0.507 e. The van der Waals surface area contributed by atoms with Gasteiger partial charge in [-0.15, -0.1) is 0 Å². The Labute approximate surface area is 466 Å². The van der Waals surface area contributed by atoms with Gasteiger partial charge in [0.25, 0.3) is 0 Å². The first kappa shape index (κ1) is 51.2. The Morgan fingerprint density at radius 1 is 0.438 bits per heavy atom. The predicted molar refractivity (Wildman–Crippen MR) is 324 cm³/mol. The molecular formula is C62H51Br5N2O4. The van der Waals surface area contributed by atoms with Crippen LogP contribution in [-0.2, 0) is 0 Å². The maximum absolute atomic E-state index is 10.7. The quantitative estimate of drug-likeness (QED) is 0.0746. The molecule has 1 N–H and O–H groups in total. The SMILES string of the molecule is CCCCCCBr.CCCCCCOc1ccc2ccccc2c1-c1nc2c3cc(Br)ccc3c3ccc(Br)cc3c2o1.Oc1ccc2ccccc2c1-c1nc2c3cc(Br)ccc3c3ccc(Br)cc3c2o1. The van der Waals surface area contributed by atoms with E-state index in [1.54, 1.807) is 6.07 Å². The number of phenolic OH excluding ortho intramolecular Hbond substituents is 1. The maximum Gasteiger partial charge on any atom is 0.231 e. The lowest BCUT2D eigenvalue weighted by molar-refractivity contribution is 0.306. The van der Waals surface area contributed by atoms with Crippen molar-refractivity contribution in [2.75, 3.05) is 11.9 Å². The van der Waals surface area contributed by atoms with Crippen molar-refractivity contribution in [3.63, 3.8) is 0 Å². The molecule has 2 heterocycles. The molecule has 11 heteroatoms. The molecule has 0 saturated heterocycles. The van der Waals surface area contributed by atoms with E-state index in [-0.39, 0.29) is 5.75 Å². The second kappa shape index (κ2) is 23.1. The standard InChI is InChI=1S/C31H25Br2NO2.C25H13Br2NO2.C6H13Br/c1-2-3-4-7-16-35-27-15-10-19-8-5-6-9-22(19)28(27)31-34-29-25-17-20(32)11-13-23(25)24-14-12-21(33)18-26(24)30(29)36-31;26-14-6-8-17-18-9-7-15(27)12-20(18)24-23(19(17)11-14)28-25(30-24)22-16-4-2-1-3-13(16)5-10-21(22)29;1-2-3-4-5-6-7/h5-6,8-15,17-18H,2-4,7,16H2,1H3;1-12,29H;2-6H2,1H3. The fourth-order valence-electron chi connectivity index (χ4n) is 9.67. The Balaban J connectivity index is 0.000000150. The van der Waals surface area contributed by atoms with Crippen LogP contribution in [-0.4, -0.2) is 27.0 Å². The summed E-state index contributed by atoms with van der Waals surface area (Å²) in [5, 5.41) is 24.6. The van der Waals surface area contributed by atoms with Crippen LogP contribution in [0.3, 0.4) is 0 Å². The lowest BCUT2D eigenvalue weighted by Crippen LogP contribution is -1.99. The van der Waals surface area contributed by atoms with Crippen molar-refractivity contribution in [1.82, 2.24) is 9.97 Å². The van der Waals surface area contributed by atoms with E-state index >= 15 is 0 Å². The molecule has 12 rings (SSSR count). The Morgan fingerprint density at radius 3 is 1.38 bits per heavy atom. The smallest absolute Gasteiger partial charge is 0.231 e. The lowest BCUT2D eigenvalue weighted by atomic mass is 10.0. The van der Waals surface area contributed by atoms with Crippen LogP contribution in [0.25, 0.3) is 110 Å². The molecule has 0 bridgehead atoms. The van der Waals surface area contributed by atoms with Crippen LogP contribution in [0.4, 0.5) is 0 Å². The number of ether oxygens (including phenoxy) is 1. The summed E-state index contributed by atoms with van der Waals surface area (Å²) in [4.78, 5) is 10.00. The molecule has 0 spiro atoms. The number of aromatic nitrogens is 2. The second-order valence-electron chi connectivity index (χ2n) is 18.2. The van der Waals surface area contributed by atoms with Crippen LogP contribution in [0.5, 0.6) is 11.5 Å². The van der Waals surface area contributed by atoms with E-state index in [0.717, 1.165) is 117 Å². The number of benzene rings is 10. The van der Waals surface area contributed by atoms with Gasteiger partial charge in [0.05, 0.1) is 17.7 Å². The predicted octanol–water partition coefficient (Wildman–Crippen LogP) is 21.6. The number of aromatic hydroxyl groups is 1. The Kier molecular flexibility index (Phi) is 16.2. The molecule has 0 aliphatic carbocycles. The fourth-order valence-corrected chi connectivity index (χ4v) is 11.5. The van der Waals surface area contributed by atoms with Gasteiger partial charge in [0.2, 0.25) is 11.8 Å². The number of phenols is 1. The summed E-state index contributed by atoms with van der Waals surface area (Å²) in [6, 6.07) is 49.1. The number of hydrogen-bond donors (Lipinski definition) is 1. The highest BCUT2D eigenvalue weighted by Crippen LogP contribution is 2.45. The number of rotatable bonds is 12. The van der Waals surface area contributed by atoms with E-state index in [2.05, 4.69) is 191 Å². The minimum Gasteiger partial charge on any atom is -0.507 e. The van der Waals surface area contributed by atoms with E-state index in [4.69, 9.17) is 23.5 Å². The summed E-state index contributed by atoms with van der Waals surface area (Å²) in [7, 11) is 0. The van der Waals surface area contributed by atoms with Gasteiger partial charge in [0, 0.05) is 44.8 Å². The normalized spacial score (nSPS) is 11.5. The first-order valence-electron chi connectivity index (χ1n) is 24.8. The third-order valence-corrected chi connectivity index (χ3v) is 15.8. The molecule has 0 amide bonds. The van der Waals surface area contributed by atoms with Crippen LogP contribution in [0, 0.1) is 0 Å². The highest BCUT2D eigenvalue weighted by Gasteiger charge is 2.23. The second-order valence-corrected chi connectivity index (χ2v) is 22.6. The molecule has 0 fully saturated rings. The third-order valence-electron chi connectivity index (χ3n) is 13.2. The number of unbranched alkanes of at least 4 members (excludes halogenated alkanes) is 6. The average molecular weight is 1290 g/mol. The Bertz CT molecular complexity index is 3820. The van der Waals surface area contributed by atoms with Crippen molar-refractivity contribution in [2.24, 2.45) is 0 Å². The Morgan fingerprint density at radius 2 is 0.877 bits per heavy atom. The zero-order chi connectivity index (χ0) is 50.6. The van der Waals surface area contributed by atoms with Crippen LogP contribution in [0.2, 0.25) is 0 Å². The van der Waals surface area contributed by atoms with E-state index in [1.807, 2.05) is 42.5 Å². The molecule has 0 aliphatic heterocycles. The number of halogens is 5. The van der Waals surface area contributed by atoms with Gasteiger partial charge in [-0.1, -0.05) is 217 Å². The van der Waals surface area contributed by atoms with E-state index in [1.165, 1.54) is 50.3 Å². The third kappa shape index (κ3) is 10.7. The molecule has 0 unspecified atom stereocenters. The number of oxazole rings is 2. The fraction of sp³-hybridized carbons (Fsp3) is 0.194. The van der Waals surface area contributed by atoms with Gasteiger partial charge in [0.15, 0.2) is 11.2 Å². The molecular weight excluding hydrogens is 1240 g/mol. The molecule has 368 valence electrons. The summed E-state index contributed by atoms with van der Waals surface area (Å²) >= 11 is 17.8. The van der Waals surface area contributed by atoms with Gasteiger partial charge in [-0.25, -0.2) is 9.97 Å². The van der Waals surface area contributed by atoms with Crippen LogP contribution in [0.1, 0.15) is 65.2 Å². The highest BCUT2D eigenvalue weighted by molar-refractivity contribution is 9.11. The molecule has 0 radical (unpaired) electrons. The molecule has 6 nitrogen and oxygen atoms in total. The van der Waals surface area contributed by atoms with Crippen LogP contribution in [0.15, 0.2) is 172 Å². The van der Waals surface area contributed by atoms with E-state index in [9.17, 15) is 5.11 Å². The van der Waals surface area contributed by atoms with Crippen molar-refractivity contribution in [3.05, 3.63) is 163 Å². The van der Waals surface area contributed by atoms with Gasteiger partial charge < -0.3 is 18.7 Å². The first-order valence-corrected chi connectivity index (χ1v) is 29.1. The van der Waals surface area contributed by atoms with Crippen LogP contribution >= 0.6 is 79.6 Å². The maximum atomic E-state index is 10.7. The zero-order valence-corrected chi connectivity index (χ0v) is 48.3. The van der Waals surface area contributed by atoms with Crippen molar-refractivity contribution in [2.45, 2.75) is 65.2 Å². The molecule has 2 aromatic heterocycles. The number of fused-ring (bicyclic) bond motifs is 14.